The van der Waals surface area contributed by atoms with E-state index >= 15 is 0 Å². The van der Waals surface area contributed by atoms with Gasteiger partial charge in [-0.3, -0.25) is 14.6 Å². The van der Waals surface area contributed by atoms with E-state index in [0.717, 1.165) is 5.03 Å². The Balaban J connectivity index is 1.77. The number of rotatable bonds is 7. The number of aryl methyl sites for hydroxylation is 1. The lowest BCUT2D eigenvalue weighted by Gasteiger charge is -2.10. The molecule has 0 fully saturated rings. The maximum atomic E-state index is 12.4. The predicted octanol–water partition coefficient (Wildman–Crippen LogP) is 2.16. The molecule has 0 atom stereocenters. The molecule has 3 rings (SSSR count). The zero-order valence-corrected chi connectivity index (χ0v) is 16.1. The maximum Gasteiger partial charge on any atom is 0.231 e. The van der Waals surface area contributed by atoms with E-state index in [1.54, 1.807) is 42.0 Å². The number of hydrogen-bond donors (Lipinski definition) is 2. The van der Waals surface area contributed by atoms with Crippen LogP contribution < -0.4 is 5.32 Å². The van der Waals surface area contributed by atoms with E-state index in [2.05, 4.69) is 49.4 Å². The van der Waals surface area contributed by atoms with E-state index < -0.39 is 0 Å². The van der Waals surface area contributed by atoms with Crippen LogP contribution in [0.4, 0.5) is 5.82 Å². The maximum absolute atomic E-state index is 12.4. The predicted molar refractivity (Wildman–Crippen MR) is 99.1 cm³/mol. The van der Waals surface area contributed by atoms with E-state index in [1.807, 2.05) is 0 Å². The van der Waals surface area contributed by atoms with E-state index in [9.17, 15) is 4.79 Å². The summed E-state index contributed by atoms with van der Waals surface area (Å²) in [6, 6.07) is 1.74. The van der Waals surface area contributed by atoms with Gasteiger partial charge in [0.05, 0.1) is 18.3 Å². The summed E-state index contributed by atoms with van der Waals surface area (Å²) >= 11 is 2.89. The molecule has 0 radical (unpaired) electrons. The molecule has 0 bridgehead atoms. The van der Waals surface area contributed by atoms with Gasteiger partial charge in [-0.25, -0.2) is 15.0 Å². The Morgan fingerprint density at radius 1 is 1.38 bits per heavy atom. The Morgan fingerprint density at radius 3 is 2.88 bits per heavy atom. The molecule has 9 nitrogen and oxygen atoms in total. The third kappa shape index (κ3) is 5.05. The number of H-pyrrole nitrogens is 1. The first kappa shape index (κ1) is 18.4. The second kappa shape index (κ2) is 8.32. The van der Waals surface area contributed by atoms with Crippen LogP contribution in [0.3, 0.4) is 0 Å². The van der Waals surface area contributed by atoms with Gasteiger partial charge in [0.2, 0.25) is 5.91 Å². The summed E-state index contributed by atoms with van der Waals surface area (Å²) < 4.78 is 1.63. The number of carbonyl (C=O) groups is 1. The second-order valence-electron chi connectivity index (χ2n) is 5.62. The molecule has 0 unspecified atom stereocenters. The van der Waals surface area contributed by atoms with Gasteiger partial charge in [0.25, 0.3) is 0 Å². The van der Waals surface area contributed by atoms with Gasteiger partial charge in [-0.2, -0.15) is 10.2 Å². The normalized spacial score (nSPS) is 11.1. The lowest BCUT2D eigenvalue weighted by atomic mass is 10.3. The Bertz CT molecular complexity index is 878. The minimum absolute atomic E-state index is 0.115. The highest BCUT2D eigenvalue weighted by Crippen LogP contribution is 2.28. The molecule has 1 amide bonds. The SMILES string of the molecule is CC(C)Sc1ncc(Sc2ncn[nH]2)nc1CC(=O)Nc1ccn(C)n1. The van der Waals surface area contributed by atoms with Crippen LogP contribution in [0.15, 0.2) is 40.0 Å². The number of aromatic nitrogens is 7. The van der Waals surface area contributed by atoms with Crippen LogP contribution in [0.2, 0.25) is 0 Å². The second-order valence-corrected chi connectivity index (χ2v) is 8.19. The summed E-state index contributed by atoms with van der Waals surface area (Å²) in [7, 11) is 1.79. The van der Waals surface area contributed by atoms with Crippen LogP contribution >= 0.6 is 23.5 Å². The molecule has 0 spiro atoms. The molecule has 0 aliphatic rings. The monoisotopic (exact) mass is 390 g/mol. The summed E-state index contributed by atoms with van der Waals surface area (Å²) in [5.74, 6) is 0.320. The molecule has 26 heavy (non-hydrogen) atoms. The third-order valence-electron chi connectivity index (χ3n) is 3.03. The van der Waals surface area contributed by atoms with Crippen molar-refractivity contribution in [2.24, 2.45) is 7.05 Å². The smallest absolute Gasteiger partial charge is 0.231 e. The molecular weight excluding hydrogens is 372 g/mol. The summed E-state index contributed by atoms with van der Waals surface area (Å²) in [5.41, 5.74) is 0.627. The summed E-state index contributed by atoms with van der Waals surface area (Å²) in [6.45, 7) is 4.14. The number of hydrogen-bond acceptors (Lipinski definition) is 8. The van der Waals surface area contributed by atoms with Crippen LogP contribution in [0.25, 0.3) is 0 Å². The van der Waals surface area contributed by atoms with Gasteiger partial charge in [0.1, 0.15) is 16.4 Å². The van der Waals surface area contributed by atoms with E-state index in [1.165, 1.54) is 18.1 Å². The van der Waals surface area contributed by atoms with Crippen molar-refractivity contribution in [1.82, 2.24) is 34.9 Å². The van der Waals surface area contributed by atoms with Gasteiger partial charge in [-0.05, 0) is 11.8 Å². The zero-order chi connectivity index (χ0) is 18.5. The van der Waals surface area contributed by atoms with Gasteiger partial charge in [-0.15, -0.1) is 11.8 Å². The van der Waals surface area contributed by atoms with Crippen LogP contribution in [0.5, 0.6) is 0 Å². The highest BCUT2D eigenvalue weighted by atomic mass is 32.2. The van der Waals surface area contributed by atoms with Crippen molar-refractivity contribution in [2.75, 3.05) is 5.32 Å². The largest absolute Gasteiger partial charge is 0.309 e. The lowest BCUT2D eigenvalue weighted by Crippen LogP contribution is -2.17. The minimum Gasteiger partial charge on any atom is -0.309 e. The molecule has 2 N–H and O–H groups in total. The van der Waals surface area contributed by atoms with Gasteiger partial charge in [0, 0.05) is 24.6 Å². The first-order valence-corrected chi connectivity index (χ1v) is 9.54. The molecule has 0 aliphatic heterocycles. The van der Waals surface area contributed by atoms with E-state index in [4.69, 9.17) is 0 Å². The van der Waals surface area contributed by atoms with Crippen LogP contribution in [0.1, 0.15) is 19.5 Å². The quantitative estimate of drug-likeness (QED) is 0.590. The molecule has 0 saturated heterocycles. The molecule has 11 heteroatoms. The van der Waals surface area contributed by atoms with Crippen LogP contribution in [0, 0.1) is 0 Å². The van der Waals surface area contributed by atoms with Gasteiger partial charge in [-0.1, -0.05) is 13.8 Å². The van der Waals surface area contributed by atoms with Crippen molar-refractivity contribution < 1.29 is 4.79 Å². The number of carbonyl (C=O) groups excluding carboxylic acids is 1. The van der Waals surface area contributed by atoms with Crippen molar-refractivity contribution in [3.8, 4) is 0 Å². The molecule has 3 aromatic rings. The molecule has 3 heterocycles. The van der Waals surface area contributed by atoms with Crippen LogP contribution in [-0.2, 0) is 18.3 Å². The number of nitrogens with zero attached hydrogens (tertiary/aromatic N) is 6. The minimum atomic E-state index is -0.189. The molecular formula is C15H18N8OS2. The molecule has 0 aliphatic carbocycles. The average Bonchev–Trinajstić information content (AvgIpc) is 3.21. The van der Waals surface area contributed by atoms with Crippen molar-refractivity contribution in [3.63, 3.8) is 0 Å². The first-order chi connectivity index (χ1) is 12.5. The summed E-state index contributed by atoms with van der Waals surface area (Å²) in [5, 5.41) is 15.8. The Morgan fingerprint density at radius 2 is 2.23 bits per heavy atom. The van der Waals surface area contributed by atoms with E-state index in [0.29, 0.717) is 26.9 Å². The first-order valence-electron chi connectivity index (χ1n) is 7.85. The van der Waals surface area contributed by atoms with Gasteiger partial charge >= 0.3 is 0 Å². The molecule has 136 valence electrons. The van der Waals surface area contributed by atoms with Gasteiger partial charge in [0.15, 0.2) is 11.0 Å². The number of amides is 1. The topological polar surface area (TPSA) is 114 Å². The molecule has 3 aromatic heterocycles. The Hall–Kier alpha value is -2.40. The van der Waals surface area contributed by atoms with Gasteiger partial charge < -0.3 is 5.32 Å². The standard InChI is InChI=1S/C15H18N8OS2/c1-9(2)25-14-10(6-12(24)20-11-4-5-23(3)22-11)19-13(7-16-14)26-15-17-8-18-21-15/h4-5,7-9H,6H2,1-3H3,(H,17,18,21)(H,20,22,24). The summed E-state index contributed by atoms with van der Waals surface area (Å²) in [6.07, 6.45) is 4.99. The summed E-state index contributed by atoms with van der Waals surface area (Å²) in [4.78, 5) is 25.5. The lowest BCUT2D eigenvalue weighted by molar-refractivity contribution is -0.115. The average molecular weight is 390 g/mol. The fourth-order valence-corrected chi connectivity index (χ4v) is 3.52. The molecule has 0 aromatic carbocycles. The number of aromatic amines is 1. The zero-order valence-electron chi connectivity index (χ0n) is 14.5. The van der Waals surface area contributed by atoms with Crippen molar-refractivity contribution in [1.29, 1.82) is 0 Å². The van der Waals surface area contributed by atoms with Crippen molar-refractivity contribution in [3.05, 3.63) is 30.5 Å². The highest BCUT2D eigenvalue weighted by molar-refractivity contribution is 8.00. The van der Waals surface area contributed by atoms with Crippen molar-refractivity contribution in [2.45, 2.75) is 40.7 Å². The third-order valence-corrected chi connectivity index (χ3v) is 4.87. The highest BCUT2D eigenvalue weighted by Gasteiger charge is 2.16. The number of anilines is 1. The number of nitrogens with one attached hydrogen (secondary N) is 2. The van der Waals surface area contributed by atoms with E-state index in [-0.39, 0.29) is 12.3 Å². The van der Waals surface area contributed by atoms with Crippen molar-refractivity contribution >= 4 is 35.2 Å². The fraction of sp³-hybridized carbons (Fsp3) is 0.333. The van der Waals surface area contributed by atoms with Crippen LogP contribution in [-0.4, -0.2) is 46.1 Å². The number of thioether (sulfide) groups is 1. The Kier molecular flexibility index (Phi) is 5.89. The fourth-order valence-electron chi connectivity index (χ4n) is 2.05. The Labute approximate surface area is 158 Å². The molecule has 0 saturated carbocycles.